The average Bonchev–Trinajstić information content (AvgIpc) is 3.93. The van der Waals surface area contributed by atoms with Crippen molar-refractivity contribution >= 4 is 23.8 Å². The molecule has 292 valence electrons. The SMILES string of the molecule is CC(C)[C@@H]1CC[C@]2(COC(=O)/C=C\C(=O)n3ccnc3)CC[C@]3(C)C(CCC4[C@@]5(C)CC[C@H](OC(=O)/C=C\C(=O)n6ccnc6)C(C)(C)C5CC[C@]43C)C12. The van der Waals surface area contributed by atoms with Crippen molar-refractivity contribution in [3.8, 4) is 0 Å². The maximum absolute atomic E-state index is 13.0. The Morgan fingerprint density at radius 1 is 0.722 bits per heavy atom. The minimum absolute atomic E-state index is 0.0387. The van der Waals surface area contributed by atoms with Crippen molar-refractivity contribution in [2.75, 3.05) is 6.61 Å². The molecule has 5 saturated carbocycles. The highest BCUT2D eigenvalue weighted by molar-refractivity contribution is 5.96. The molecule has 10 atom stereocenters. The number of esters is 2. The lowest BCUT2D eigenvalue weighted by Gasteiger charge is -2.73. The monoisotopic (exact) mass is 740 g/mol. The van der Waals surface area contributed by atoms with Crippen LogP contribution in [0.2, 0.25) is 0 Å². The fourth-order valence-electron chi connectivity index (χ4n) is 13.6. The third-order valence-electron chi connectivity index (χ3n) is 16.5. The molecule has 5 fully saturated rings. The topological polar surface area (TPSA) is 122 Å². The van der Waals surface area contributed by atoms with Crippen LogP contribution in [0.1, 0.15) is 122 Å². The second-order valence-corrected chi connectivity index (χ2v) is 19.2. The van der Waals surface area contributed by atoms with Crippen LogP contribution in [0.5, 0.6) is 0 Å². The largest absolute Gasteiger partial charge is 0.462 e. The normalized spacial score (nSPS) is 38.4. The van der Waals surface area contributed by atoms with Crippen LogP contribution in [0.4, 0.5) is 0 Å². The molecule has 4 unspecified atom stereocenters. The lowest BCUT2D eigenvalue weighted by atomic mass is 9.32. The Hall–Kier alpha value is -3.82. The Morgan fingerprint density at radius 3 is 1.98 bits per heavy atom. The van der Waals surface area contributed by atoms with E-state index in [1.54, 1.807) is 12.4 Å². The van der Waals surface area contributed by atoms with E-state index in [4.69, 9.17) is 9.47 Å². The minimum Gasteiger partial charge on any atom is -0.462 e. The number of ether oxygens (including phenoxy) is 2. The summed E-state index contributed by atoms with van der Waals surface area (Å²) in [4.78, 5) is 58.7. The van der Waals surface area contributed by atoms with Crippen LogP contribution < -0.4 is 0 Å². The number of rotatable bonds is 8. The highest BCUT2D eigenvalue weighted by Crippen LogP contribution is 2.77. The predicted octanol–water partition coefficient (Wildman–Crippen LogP) is 8.37. The Balaban J connectivity index is 1.07. The number of hydrogen-bond donors (Lipinski definition) is 0. The van der Waals surface area contributed by atoms with Crippen molar-refractivity contribution in [1.29, 1.82) is 0 Å². The summed E-state index contributed by atoms with van der Waals surface area (Å²) >= 11 is 0. The van der Waals surface area contributed by atoms with Crippen molar-refractivity contribution in [3.63, 3.8) is 0 Å². The molecule has 2 aromatic heterocycles. The van der Waals surface area contributed by atoms with E-state index in [-0.39, 0.29) is 45.0 Å². The Kier molecular flexibility index (Phi) is 10.00. The fourth-order valence-corrected chi connectivity index (χ4v) is 13.6. The molecule has 7 rings (SSSR count). The maximum Gasteiger partial charge on any atom is 0.331 e. The van der Waals surface area contributed by atoms with Gasteiger partial charge in [-0.3, -0.25) is 18.7 Å². The van der Waals surface area contributed by atoms with Gasteiger partial charge < -0.3 is 9.47 Å². The zero-order valence-electron chi connectivity index (χ0n) is 33.3. The van der Waals surface area contributed by atoms with Crippen LogP contribution in [-0.4, -0.2) is 55.6 Å². The van der Waals surface area contributed by atoms with Crippen molar-refractivity contribution in [2.24, 2.45) is 62.6 Å². The molecular formula is C44H60N4O6. The molecule has 0 N–H and O–H groups in total. The van der Waals surface area contributed by atoms with Gasteiger partial charge in [-0.1, -0.05) is 48.5 Å². The Morgan fingerprint density at radius 2 is 1.37 bits per heavy atom. The molecular weight excluding hydrogens is 681 g/mol. The minimum atomic E-state index is -0.467. The molecule has 0 aliphatic heterocycles. The number of fused-ring (bicyclic) bond motifs is 7. The zero-order valence-corrected chi connectivity index (χ0v) is 33.3. The molecule has 10 nitrogen and oxygen atoms in total. The van der Waals surface area contributed by atoms with E-state index in [1.807, 2.05) is 0 Å². The fraction of sp³-hybridized carbons (Fsp3) is 0.682. The highest BCUT2D eigenvalue weighted by atomic mass is 16.5. The third kappa shape index (κ3) is 6.23. The van der Waals surface area contributed by atoms with Gasteiger partial charge in [0.25, 0.3) is 11.8 Å². The first-order chi connectivity index (χ1) is 25.6. The molecule has 5 aliphatic carbocycles. The number of hydrogen-bond acceptors (Lipinski definition) is 8. The number of allylic oxidation sites excluding steroid dienone is 2. The summed E-state index contributed by atoms with van der Waals surface area (Å²) < 4.78 is 14.9. The van der Waals surface area contributed by atoms with Gasteiger partial charge in [0.05, 0.1) is 6.61 Å². The standard InChI is InChI=1S/C44H60N4O6/c1-29(2)30-14-19-44(26-53-37(51)12-10-35(49)47-24-22-45-27-47)21-20-42(6)31(39(30)44)8-9-33-41(5)17-16-34(40(3,4)32(41)15-18-43(33,42)7)54-38(52)13-11-36(50)48-25-23-46-28-48/h10-13,22-25,27-34,39H,8-9,14-21,26H2,1-7H3/b12-10-,13-11-/t30-,31?,32?,33?,34-,39?,41-,42+,43+,44+/m0/s1. The summed E-state index contributed by atoms with van der Waals surface area (Å²) in [6.45, 7) is 17.6. The summed E-state index contributed by atoms with van der Waals surface area (Å²) in [6, 6.07) is 0. The van der Waals surface area contributed by atoms with Crippen molar-refractivity contribution in [2.45, 2.75) is 119 Å². The molecule has 2 aromatic rings. The molecule has 0 spiro atoms. The van der Waals surface area contributed by atoms with Crippen LogP contribution in [0.25, 0.3) is 0 Å². The lowest BCUT2D eigenvalue weighted by Crippen LogP contribution is -2.67. The molecule has 5 aliphatic rings. The lowest BCUT2D eigenvalue weighted by molar-refractivity contribution is -0.253. The van der Waals surface area contributed by atoms with E-state index in [9.17, 15) is 19.2 Å². The van der Waals surface area contributed by atoms with Gasteiger partial charge in [-0.15, -0.1) is 0 Å². The van der Waals surface area contributed by atoms with Gasteiger partial charge in [-0.05, 0) is 116 Å². The van der Waals surface area contributed by atoms with Crippen LogP contribution in [0.15, 0.2) is 61.7 Å². The summed E-state index contributed by atoms with van der Waals surface area (Å²) in [5, 5.41) is 0. The van der Waals surface area contributed by atoms with Gasteiger partial charge in [-0.2, -0.15) is 0 Å². The summed E-state index contributed by atoms with van der Waals surface area (Å²) in [5.41, 5.74) is 0.208. The van der Waals surface area contributed by atoms with E-state index in [0.717, 1.165) is 44.9 Å². The summed E-state index contributed by atoms with van der Waals surface area (Å²) in [5.74, 6) is 1.59. The summed E-state index contributed by atoms with van der Waals surface area (Å²) in [7, 11) is 0. The van der Waals surface area contributed by atoms with Crippen molar-refractivity contribution in [3.05, 3.63) is 61.7 Å². The first-order valence-corrected chi connectivity index (χ1v) is 20.3. The Bertz CT molecular complexity index is 1800. The van der Waals surface area contributed by atoms with E-state index in [1.165, 1.54) is 77.7 Å². The Labute approximate surface area is 320 Å². The number of nitrogens with zero attached hydrogens (tertiary/aromatic N) is 4. The van der Waals surface area contributed by atoms with E-state index in [0.29, 0.717) is 42.1 Å². The highest BCUT2D eigenvalue weighted by Gasteiger charge is 2.71. The molecule has 0 amide bonds. The van der Waals surface area contributed by atoms with Crippen LogP contribution >= 0.6 is 0 Å². The first kappa shape index (κ1) is 38.5. The van der Waals surface area contributed by atoms with E-state index >= 15 is 0 Å². The van der Waals surface area contributed by atoms with Crippen molar-refractivity contribution in [1.82, 2.24) is 19.1 Å². The average molecular weight is 741 g/mol. The molecule has 0 radical (unpaired) electrons. The smallest absolute Gasteiger partial charge is 0.331 e. The quantitative estimate of drug-likeness (QED) is 0.196. The van der Waals surface area contributed by atoms with Gasteiger partial charge in [0.1, 0.15) is 18.8 Å². The van der Waals surface area contributed by atoms with E-state index in [2.05, 4.69) is 58.4 Å². The molecule has 0 aromatic carbocycles. The first-order valence-electron chi connectivity index (χ1n) is 20.3. The van der Waals surface area contributed by atoms with E-state index < -0.39 is 11.9 Å². The van der Waals surface area contributed by atoms with Crippen LogP contribution in [0, 0.1) is 62.6 Å². The molecule has 10 heteroatoms. The third-order valence-corrected chi connectivity index (χ3v) is 16.5. The van der Waals surface area contributed by atoms with Crippen molar-refractivity contribution < 1.29 is 28.7 Å². The zero-order chi connectivity index (χ0) is 38.7. The van der Waals surface area contributed by atoms with Crippen LogP contribution in [0.3, 0.4) is 0 Å². The number of aromatic nitrogens is 4. The van der Waals surface area contributed by atoms with Gasteiger partial charge in [0, 0.05) is 59.9 Å². The molecule has 0 saturated heterocycles. The number of imidazole rings is 2. The predicted molar refractivity (Wildman–Crippen MR) is 204 cm³/mol. The number of carbonyl (C=O) groups is 4. The molecule has 54 heavy (non-hydrogen) atoms. The summed E-state index contributed by atoms with van der Waals surface area (Å²) in [6.07, 6.45) is 24.8. The van der Waals surface area contributed by atoms with Gasteiger partial charge in [0.15, 0.2) is 0 Å². The maximum atomic E-state index is 13.0. The van der Waals surface area contributed by atoms with Gasteiger partial charge in [0.2, 0.25) is 0 Å². The van der Waals surface area contributed by atoms with Gasteiger partial charge in [-0.25, -0.2) is 19.6 Å². The second kappa shape index (κ2) is 14.0. The second-order valence-electron chi connectivity index (χ2n) is 19.2. The molecule has 0 bridgehead atoms. The van der Waals surface area contributed by atoms with Crippen LogP contribution in [-0.2, 0) is 19.1 Å². The molecule has 2 heterocycles. The number of carbonyl (C=O) groups excluding carboxylic acids is 4. The van der Waals surface area contributed by atoms with Gasteiger partial charge >= 0.3 is 11.9 Å².